The van der Waals surface area contributed by atoms with E-state index in [-0.39, 0.29) is 5.91 Å². The van der Waals surface area contributed by atoms with Crippen LogP contribution < -0.4 is 4.74 Å². The first-order chi connectivity index (χ1) is 13.2. The third kappa shape index (κ3) is 4.02. The zero-order valence-corrected chi connectivity index (χ0v) is 16.1. The summed E-state index contributed by atoms with van der Waals surface area (Å²) in [5.74, 6) is 3.14. The van der Waals surface area contributed by atoms with Crippen molar-refractivity contribution < 1.29 is 9.53 Å². The standard InChI is InChI=1S/C22H29N3O2/c1-2-27-20-10-4-8-18(14-20)22(26)25-12-5-9-19(16-25)21-23-11-13-24(21)15-17-6-3-7-17/h4,8,10-11,13-14,17,19H,2-3,5-7,9,12,15-16H2,1H3/t19-/m1/s1. The lowest BCUT2D eigenvalue weighted by Gasteiger charge is -2.34. The molecule has 1 aromatic heterocycles. The number of carbonyl (C=O) groups excluding carboxylic acids is 1. The number of amides is 1. The molecule has 5 nitrogen and oxygen atoms in total. The quantitative estimate of drug-likeness (QED) is 0.772. The van der Waals surface area contributed by atoms with Crippen LogP contribution in [0.2, 0.25) is 0 Å². The minimum Gasteiger partial charge on any atom is -0.494 e. The van der Waals surface area contributed by atoms with Crippen LogP contribution in [0.1, 0.15) is 61.1 Å². The number of piperidine rings is 1. The summed E-state index contributed by atoms with van der Waals surface area (Å²) in [4.78, 5) is 19.7. The van der Waals surface area contributed by atoms with E-state index >= 15 is 0 Å². The van der Waals surface area contributed by atoms with Gasteiger partial charge in [0.25, 0.3) is 5.91 Å². The molecule has 0 spiro atoms. The summed E-state index contributed by atoms with van der Waals surface area (Å²) in [7, 11) is 0. The van der Waals surface area contributed by atoms with Gasteiger partial charge in [-0.1, -0.05) is 12.5 Å². The Kier molecular flexibility index (Phi) is 5.46. The van der Waals surface area contributed by atoms with E-state index in [9.17, 15) is 4.79 Å². The van der Waals surface area contributed by atoms with Crippen LogP contribution in [0.15, 0.2) is 36.7 Å². The molecule has 5 heteroatoms. The molecule has 2 aliphatic rings. The van der Waals surface area contributed by atoms with Crippen molar-refractivity contribution in [1.29, 1.82) is 0 Å². The highest BCUT2D eigenvalue weighted by Crippen LogP contribution is 2.31. The molecule has 0 N–H and O–H groups in total. The number of hydrogen-bond donors (Lipinski definition) is 0. The molecule has 1 saturated heterocycles. The van der Waals surface area contributed by atoms with Crippen molar-refractivity contribution in [1.82, 2.24) is 14.5 Å². The van der Waals surface area contributed by atoms with Crippen molar-refractivity contribution in [2.45, 2.75) is 51.5 Å². The average Bonchev–Trinajstić information content (AvgIpc) is 3.13. The summed E-state index contributed by atoms with van der Waals surface area (Å²) in [5, 5.41) is 0. The van der Waals surface area contributed by atoms with Crippen LogP contribution in [0.3, 0.4) is 0 Å². The van der Waals surface area contributed by atoms with Gasteiger partial charge in [-0.25, -0.2) is 4.98 Å². The second-order valence-electron chi connectivity index (χ2n) is 7.79. The summed E-state index contributed by atoms with van der Waals surface area (Å²) >= 11 is 0. The number of benzene rings is 1. The van der Waals surface area contributed by atoms with Crippen molar-refractivity contribution in [2.24, 2.45) is 5.92 Å². The molecular formula is C22H29N3O2. The summed E-state index contributed by atoms with van der Waals surface area (Å²) in [5.41, 5.74) is 0.708. The predicted molar refractivity (Wildman–Crippen MR) is 105 cm³/mol. The SMILES string of the molecule is CCOc1cccc(C(=O)N2CCC[C@@H](c3nccn3CC3CCC3)C2)c1. The molecular weight excluding hydrogens is 338 g/mol. The van der Waals surface area contributed by atoms with Crippen molar-refractivity contribution in [3.05, 3.63) is 48.0 Å². The molecule has 0 unspecified atom stereocenters. The van der Waals surface area contributed by atoms with E-state index in [0.29, 0.717) is 18.1 Å². The Balaban J connectivity index is 1.46. The lowest BCUT2D eigenvalue weighted by Crippen LogP contribution is -2.40. The molecule has 1 aromatic carbocycles. The van der Waals surface area contributed by atoms with Gasteiger partial charge < -0.3 is 14.2 Å². The van der Waals surface area contributed by atoms with Crippen molar-refractivity contribution in [2.75, 3.05) is 19.7 Å². The number of rotatable bonds is 6. The van der Waals surface area contributed by atoms with Gasteiger partial charge in [0.1, 0.15) is 11.6 Å². The second-order valence-corrected chi connectivity index (χ2v) is 7.79. The monoisotopic (exact) mass is 367 g/mol. The summed E-state index contributed by atoms with van der Waals surface area (Å²) in [6.07, 6.45) is 10.2. The van der Waals surface area contributed by atoms with Crippen LogP contribution in [0.4, 0.5) is 0 Å². The fourth-order valence-corrected chi connectivity index (χ4v) is 4.23. The van der Waals surface area contributed by atoms with Crippen molar-refractivity contribution in [3.63, 3.8) is 0 Å². The maximum absolute atomic E-state index is 13.0. The van der Waals surface area contributed by atoms with E-state index in [1.165, 1.54) is 19.3 Å². The molecule has 4 rings (SSSR count). The fraction of sp³-hybridized carbons (Fsp3) is 0.545. The van der Waals surface area contributed by atoms with E-state index in [1.54, 1.807) is 0 Å². The highest BCUT2D eigenvalue weighted by molar-refractivity contribution is 5.94. The number of ether oxygens (including phenoxy) is 1. The van der Waals surface area contributed by atoms with Gasteiger partial charge in [0, 0.05) is 43.5 Å². The molecule has 1 saturated carbocycles. The molecule has 144 valence electrons. The molecule has 1 aliphatic carbocycles. The number of hydrogen-bond acceptors (Lipinski definition) is 3. The van der Waals surface area contributed by atoms with Gasteiger partial charge in [0.05, 0.1) is 6.61 Å². The first-order valence-electron chi connectivity index (χ1n) is 10.3. The molecule has 1 aliphatic heterocycles. The molecule has 1 atom stereocenters. The first kappa shape index (κ1) is 18.1. The first-order valence-corrected chi connectivity index (χ1v) is 10.3. The van der Waals surface area contributed by atoms with Gasteiger partial charge in [-0.05, 0) is 56.7 Å². The summed E-state index contributed by atoms with van der Waals surface area (Å²) < 4.78 is 7.88. The Morgan fingerprint density at radius 1 is 1.26 bits per heavy atom. The smallest absolute Gasteiger partial charge is 0.254 e. The van der Waals surface area contributed by atoms with Crippen LogP contribution >= 0.6 is 0 Å². The zero-order chi connectivity index (χ0) is 18.6. The number of imidazole rings is 1. The van der Waals surface area contributed by atoms with Crippen LogP contribution in [0.5, 0.6) is 5.75 Å². The van der Waals surface area contributed by atoms with Gasteiger partial charge in [-0.2, -0.15) is 0 Å². The Labute approximate surface area is 161 Å². The minimum atomic E-state index is 0.0957. The Hall–Kier alpha value is -2.30. The van der Waals surface area contributed by atoms with Gasteiger partial charge >= 0.3 is 0 Å². The minimum absolute atomic E-state index is 0.0957. The molecule has 2 aromatic rings. The molecule has 1 amide bonds. The van der Waals surface area contributed by atoms with E-state index in [4.69, 9.17) is 4.74 Å². The van der Waals surface area contributed by atoms with E-state index < -0.39 is 0 Å². The average molecular weight is 367 g/mol. The third-order valence-corrected chi connectivity index (χ3v) is 5.89. The zero-order valence-electron chi connectivity index (χ0n) is 16.1. The lowest BCUT2D eigenvalue weighted by atomic mass is 9.85. The number of aromatic nitrogens is 2. The van der Waals surface area contributed by atoms with Gasteiger partial charge in [-0.3, -0.25) is 4.79 Å². The Morgan fingerprint density at radius 3 is 2.93 bits per heavy atom. The lowest BCUT2D eigenvalue weighted by molar-refractivity contribution is 0.0702. The number of carbonyl (C=O) groups is 1. The number of nitrogens with zero attached hydrogens (tertiary/aromatic N) is 3. The van der Waals surface area contributed by atoms with E-state index in [2.05, 4.69) is 15.7 Å². The Morgan fingerprint density at radius 2 is 2.15 bits per heavy atom. The topological polar surface area (TPSA) is 47.4 Å². The molecule has 0 bridgehead atoms. The van der Waals surface area contributed by atoms with Crippen LogP contribution in [-0.2, 0) is 6.54 Å². The fourth-order valence-electron chi connectivity index (χ4n) is 4.23. The van der Waals surface area contributed by atoms with E-state index in [1.807, 2.05) is 42.3 Å². The van der Waals surface area contributed by atoms with Gasteiger partial charge in [-0.15, -0.1) is 0 Å². The maximum atomic E-state index is 13.0. The molecule has 2 heterocycles. The van der Waals surface area contributed by atoms with Crippen LogP contribution in [0.25, 0.3) is 0 Å². The van der Waals surface area contributed by atoms with Gasteiger partial charge in [0.2, 0.25) is 0 Å². The molecule has 0 radical (unpaired) electrons. The highest BCUT2D eigenvalue weighted by Gasteiger charge is 2.29. The normalized spacial score (nSPS) is 20.3. The van der Waals surface area contributed by atoms with Crippen molar-refractivity contribution in [3.8, 4) is 5.75 Å². The predicted octanol–water partition coefficient (Wildman–Crippen LogP) is 4.10. The van der Waals surface area contributed by atoms with Gasteiger partial charge in [0.15, 0.2) is 0 Å². The van der Waals surface area contributed by atoms with E-state index in [0.717, 1.165) is 50.0 Å². The second kappa shape index (κ2) is 8.15. The highest BCUT2D eigenvalue weighted by atomic mass is 16.5. The van der Waals surface area contributed by atoms with Crippen LogP contribution in [0, 0.1) is 5.92 Å². The molecule has 27 heavy (non-hydrogen) atoms. The molecule has 2 fully saturated rings. The summed E-state index contributed by atoms with van der Waals surface area (Å²) in [6.45, 7) is 5.20. The maximum Gasteiger partial charge on any atom is 0.254 e. The summed E-state index contributed by atoms with van der Waals surface area (Å²) in [6, 6.07) is 7.53. The number of likely N-dealkylation sites (tertiary alicyclic amines) is 1. The van der Waals surface area contributed by atoms with Crippen molar-refractivity contribution >= 4 is 5.91 Å². The Bertz CT molecular complexity index is 781. The largest absolute Gasteiger partial charge is 0.494 e. The third-order valence-electron chi connectivity index (χ3n) is 5.89. The van der Waals surface area contributed by atoms with Crippen LogP contribution in [-0.4, -0.2) is 40.1 Å².